The van der Waals surface area contributed by atoms with E-state index >= 15 is 0 Å². The molecule has 0 bridgehead atoms. The van der Waals surface area contributed by atoms with Crippen LogP contribution < -0.4 is 0 Å². The fourth-order valence-electron chi connectivity index (χ4n) is 2.43. The van der Waals surface area contributed by atoms with Crippen molar-refractivity contribution in [2.24, 2.45) is 0 Å². The molecule has 1 aliphatic carbocycles. The average Bonchev–Trinajstić information content (AvgIpc) is 2.82. The largest absolute Gasteiger partial charge is 0.481 e. The third-order valence-corrected chi connectivity index (χ3v) is 3.39. The van der Waals surface area contributed by atoms with Gasteiger partial charge in [-0.1, -0.05) is 19.8 Å². The monoisotopic (exact) mass is 234 g/mol. The molecule has 0 aliphatic heterocycles. The van der Waals surface area contributed by atoms with Crippen LogP contribution in [0.5, 0.6) is 0 Å². The normalized spacial score (nSPS) is 18.2. The molecule has 0 radical (unpaired) electrons. The zero-order valence-electron chi connectivity index (χ0n) is 10.1. The number of carbonyl (C=O) groups is 1. The van der Waals surface area contributed by atoms with E-state index in [-0.39, 0.29) is 12.3 Å². The molecule has 17 heavy (non-hydrogen) atoms. The van der Waals surface area contributed by atoms with Crippen molar-refractivity contribution < 1.29 is 9.90 Å². The summed E-state index contributed by atoms with van der Waals surface area (Å²) in [6.45, 7) is 1.86. The second-order valence-corrected chi connectivity index (χ2v) is 4.82. The van der Waals surface area contributed by atoms with E-state index in [1.807, 2.05) is 13.0 Å². The summed E-state index contributed by atoms with van der Waals surface area (Å²) < 4.78 is 0. The summed E-state index contributed by atoms with van der Waals surface area (Å²) in [5, 5.41) is 8.77. The van der Waals surface area contributed by atoms with E-state index in [0.717, 1.165) is 5.69 Å². The summed E-state index contributed by atoms with van der Waals surface area (Å²) >= 11 is 0. The highest BCUT2D eigenvalue weighted by molar-refractivity contribution is 5.67. The predicted octanol–water partition coefficient (Wildman–Crippen LogP) is 2.71. The highest BCUT2D eigenvalue weighted by Gasteiger charge is 2.20. The predicted molar refractivity (Wildman–Crippen MR) is 63.9 cm³/mol. The Morgan fingerprint density at radius 1 is 1.53 bits per heavy atom. The molecule has 92 valence electrons. The van der Waals surface area contributed by atoms with E-state index in [1.165, 1.54) is 25.7 Å². The van der Waals surface area contributed by atoms with Crippen LogP contribution >= 0.6 is 0 Å². The number of hydrogen-bond acceptors (Lipinski definition) is 3. The van der Waals surface area contributed by atoms with E-state index < -0.39 is 5.97 Å². The van der Waals surface area contributed by atoms with E-state index in [1.54, 1.807) is 6.20 Å². The molecule has 1 fully saturated rings. The zero-order chi connectivity index (χ0) is 12.3. The third kappa shape index (κ3) is 3.02. The Morgan fingerprint density at radius 3 is 2.88 bits per heavy atom. The van der Waals surface area contributed by atoms with Crippen molar-refractivity contribution in [1.29, 1.82) is 0 Å². The molecule has 1 heterocycles. The maximum atomic E-state index is 10.7. The van der Waals surface area contributed by atoms with Gasteiger partial charge in [-0.3, -0.25) is 4.79 Å². The summed E-state index contributed by atoms with van der Waals surface area (Å²) in [6.07, 6.45) is 6.79. The van der Waals surface area contributed by atoms with Gasteiger partial charge in [0.2, 0.25) is 0 Å². The van der Waals surface area contributed by atoms with Gasteiger partial charge in [-0.05, 0) is 18.9 Å². The van der Waals surface area contributed by atoms with Crippen molar-refractivity contribution in [2.45, 2.75) is 50.9 Å². The number of rotatable bonds is 4. The molecule has 1 atom stereocenters. The van der Waals surface area contributed by atoms with Crippen molar-refractivity contribution in [1.82, 2.24) is 9.97 Å². The topological polar surface area (TPSA) is 63.1 Å². The molecule has 1 N–H and O–H groups in total. The molecule has 0 saturated heterocycles. The maximum absolute atomic E-state index is 10.7. The van der Waals surface area contributed by atoms with E-state index in [2.05, 4.69) is 9.97 Å². The fourth-order valence-corrected chi connectivity index (χ4v) is 2.43. The molecule has 4 nitrogen and oxygen atoms in total. The number of nitrogens with zero attached hydrogens (tertiary/aromatic N) is 2. The molecule has 0 amide bonds. The van der Waals surface area contributed by atoms with Gasteiger partial charge >= 0.3 is 5.97 Å². The Morgan fingerprint density at radius 2 is 2.24 bits per heavy atom. The van der Waals surface area contributed by atoms with Crippen LogP contribution in [-0.2, 0) is 4.79 Å². The molecular formula is C13H18N2O2. The first kappa shape index (κ1) is 12.0. The summed E-state index contributed by atoms with van der Waals surface area (Å²) in [7, 11) is 0. The lowest BCUT2D eigenvalue weighted by Crippen LogP contribution is -2.09. The minimum absolute atomic E-state index is 0.0914. The average molecular weight is 234 g/mol. The van der Waals surface area contributed by atoms with Crippen LogP contribution in [0.3, 0.4) is 0 Å². The van der Waals surface area contributed by atoms with Crippen LogP contribution in [0.2, 0.25) is 0 Å². The molecule has 1 unspecified atom stereocenters. The lowest BCUT2D eigenvalue weighted by Gasteiger charge is -2.12. The van der Waals surface area contributed by atoms with Gasteiger partial charge in [0.05, 0.1) is 6.42 Å². The molecular weight excluding hydrogens is 216 g/mol. The van der Waals surface area contributed by atoms with E-state index in [0.29, 0.717) is 11.7 Å². The fraction of sp³-hybridized carbons (Fsp3) is 0.615. The van der Waals surface area contributed by atoms with Crippen molar-refractivity contribution in [2.75, 3.05) is 0 Å². The SMILES string of the molecule is CC(CC(=O)O)c1nccc(C2CCCC2)n1. The Balaban J connectivity index is 2.12. The van der Waals surface area contributed by atoms with Gasteiger partial charge in [-0.25, -0.2) is 9.97 Å². The molecule has 1 aromatic heterocycles. The van der Waals surface area contributed by atoms with Gasteiger partial charge in [-0.15, -0.1) is 0 Å². The molecule has 1 aliphatic rings. The lowest BCUT2D eigenvalue weighted by molar-refractivity contribution is -0.137. The Hall–Kier alpha value is -1.45. The molecule has 2 rings (SSSR count). The van der Waals surface area contributed by atoms with Gasteiger partial charge in [-0.2, -0.15) is 0 Å². The van der Waals surface area contributed by atoms with Gasteiger partial charge in [0.15, 0.2) is 0 Å². The minimum atomic E-state index is -0.799. The standard InChI is InChI=1S/C13H18N2O2/c1-9(8-12(16)17)13-14-7-6-11(15-13)10-4-2-3-5-10/h6-7,9-10H,2-5,8H2,1H3,(H,16,17). The minimum Gasteiger partial charge on any atom is -0.481 e. The first-order chi connectivity index (χ1) is 8.16. The van der Waals surface area contributed by atoms with Crippen LogP contribution in [0, 0.1) is 0 Å². The number of carboxylic acid groups (broad SMARTS) is 1. The van der Waals surface area contributed by atoms with Crippen LogP contribution in [0.15, 0.2) is 12.3 Å². The van der Waals surface area contributed by atoms with Gasteiger partial charge in [0.25, 0.3) is 0 Å². The number of aromatic nitrogens is 2. The molecule has 1 saturated carbocycles. The smallest absolute Gasteiger partial charge is 0.304 e. The summed E-state index contributed by atoms with van der Waals surface area (Å²) in [4.78, 5) is 19.4. The van der Waals surface area contributed by atoms with Crippen LogP contribution in [0.25, 0.3) is 0 Å². The highest BCUT2D eigenvalue weighted by atomic mass is 16.4. The van der Waals surface area contributed by atoms with Crippen molar-refractivity contribution in [3.05, 3.63) is 23.8 Å². The lowest BCUT2D eigenvalue weighted by atomic mass is 10.0. The number of aliphatic carboxylic acids is 1. The summed E-state index contributed by atoms with van der Waals surface area (Å²) in [5.74, 6) is 0.298. The number of hydrogen-bond donors (Lipinski definition) is 1. The first-order valence-corrected chi connectivity index (χ1v) is 6.21. The Labute approximate surface area is 101 Å². The van der Waals surface area contributed by atoms with Crippen LogP contribution in [-0.4, -0.2) is 21.0 Å². The van der Waals surface area contributed by atoms with E-state index in [9.17, 15) is 4.79 Å². The van der Waals surface area contributed by atoms with Crippen molar-refractivity contribution in [3.63, 3.8) is 0 Å². The second kappa shape index (κ2) is 5.25. The molecule has 0 aromatic carbocycles. The zero-order valence-corrected chi connectivity index (χ0v) is 10.1. The molecule has 4 heteroatoms. The van der Waals surface area contributed by atoms with Crippen molar-refractivity contribution >= 4 is 5.97 Å². The second-order valence-electron chi connectivity index (χ2n) is 4.82. The Bertz CT molecular complexity index is 400. The third-order valence-electron chi connectivity index (χ3n) is 3.39. The summed E-state index contributed by atoms with van der Waals surface area (Å²) in [6, 6.07) is 1.97. The van der Waals surface area contributed by atoms with E-state index in [4.69, 9.17) is 5.11 Å². The van der Waals surface area contributed by atoms with Gasteiger partial charge < -0.3 is 5.11 Å². The number of carboxylic acids is 1. The van der Waals surface area contributed by atoms with Crippen molar-refractivity contribution in [3.8, 4) is 0 Å². The van der Waals surface area contributed by atoms with Crippen LogP contribution in [0.4, 0.5) is 0 Å². The highest BCUT2D eigenvalue weighted by Crippen LogP contribution is 2.33. The van der Waals surface area contributed by atoms with Gasteiger partial charge in [0, 0.05) is 23.7 Å². The molecule has 1 aromatic rings. The molecule has 0 spiro atoms. The van der Waals surface area contributed by atoms with Gasteiger partial charge in [0.1, 0.15) is 5.82 Å². The summed E-state index contributed by atoms with van der Waals surface area (Å²) in [5.41, 5.74) is 1.09. The first-order valence-electron chi connectivity index (χ1n) is 6.21. The van der Waals surface area contributed by atoms with Crippen LogP contribution in [0.1, 0.15) is 62.4 Å². The maximum Gasteiger partial charge on any atom is 0.304 e. The Kier molecular flexibility index (Phi) is 3.71. The quantitative estimate of drug-likeness (QED) is 0.870.